The van der Waals surface area contributed by atoms with E-state index in [1.165, 1.54) is 18.4 Å². The first kappa shape index (κ1) is 10.4. The van der Waals surface area contributed by atoms with Crippen molar-refractivity contribution in [1.29, 1.82) is 0 Å². The van der Waals surface area contributed by atoms with Gasteiger partial charge in [0.15, 0.2) is 0 Å². The molecule has 2 saturated heterocycles. The van der Waals surface area contributed by atoms with Gasteiger partial charge in [0.2, 0.25) is 0 Å². The van der Waals surface area contributed by atoms with Gasteiger partial charge in [-0.2, -0.15) is 0 Å². The normalized spacial score (nSPS) is 34.5. The van der Waals surface area contributed by atoms with Gasteiger partial charge in [0, 0.05) is 18.1 Å². The molecule has 1 aromatic heterocycles. The monoisotopic (exact) mass is 220 g/mol. The molecule has 2 atom stereocenters. The third-order valence-electron chi connectivity index (χ3n) is 4.22. The molecule has 3 nitrogen and oxygen atoms in total. The first-order chi connectivity index (χ1) is 7.74. The lowest BCUT2D eigenvalue weighted by Gasteiger charge is -2.37. The van der Waals surface area contributed by atoms with Crippen LogP contribution >= 0.6 is 0 Å². The Balaban J connectivity index is 1.75. The molecular formula is C13H20N2O. The molecule has 0 amide bonds. The third-order valence-corrected chi connectivity index (χ3v) is 4.22. The lowest BCUT2D eigenvalue weighted by atomic mass is 9.98. The summed E-state index contributed by atoms with van der Waals surface area (Å²) < 4.78 is 5.55. The summed E-state index contributed by atoms with van der Waals surface area (Å²) in [6.07, 6.45) is 6.75. The second-order valence-electron chi connectivity index (χ2n) is 5.32. The van der Waals surface area contributed by atoms with Crippen LogP contribution in [0, 0.1) is 6.92 Å². The van der Waals surface area contributed by atoms with Gasteiger partial charge in [0.05, 0.1) is 12.8 Å². The van der Waals surface area contributed by atoms with E-state index in [1.54, 1.807) is 6.26 Å². The maximum atomic E-state index is 6.07. The van der Waals surface area contributed by atoms with Gasteiger partial charge in [-0.05, 0) is 44.2 Å². The van der Waals surface area contributed by atoms with Gasteiger partial charge in [-0.3, -0.25) is 4.90 Å². The molecule has 3 heteroatoms. The molecule has 1 aromatic rings. The minimum Gasteiger partial charge on any atom is -0.468 e. The molecule has 88 valence electrons. The van der Waals surface area contributed by atoms with Crippen LogP contribution in [-0.2, 0) is 6.54 Å². The molecule has 2 N–H and O–H groups in total. The van der Waals surface area contributed by atoms with Gasteiger partial charge < -0.3 is 10.2 Å². The van der Waals surface area contributed by atoms with Crippen molar-refractivity contribution in [3.05, 3.63) is 23.7 Å². The molecule has 3 heterocycles. The molecule has 0 spiro atoms. The average molecular weight is 220 g/mol. The van der Waals surface area contributed by atoms with Gasteiger partial charge in [-0.25, -0.2) is 0 Å². The van der Waals surface area contributed by atoms with E-state index in [1.807, 2.05) is 6.07 Å². The van der Waals surface area contributed by atoms with Crippen molar-refractivity contribution in [2.45, 2.75) is 57.3 Å². The predicted molar refractivity (Wildman–Crippen MR) is 63.0 cm³/mol. The fraction of sp³-hybridized carbons (Fsp3) is 0.692. The quantitative estimate of drug-likeness (QED) is 0.829. The Bertz CT molecular complexity index is 360. The highest BCUT2D eigenvalue weighted by atomic mass is 16.3. The van der Waals surface area contributed by atoms with E-state index < -0.39 is 0 Å². The van der Waals surface area contributed by atoms with Crippen molar-refractivity contribution >= 4 is 0 Å². The van der Waals surface area contributed by atoms with Crippen LogP contribution in [0.15, 0.2) is 16.7 Å². The standard InChI is InChI=1S/C13H20N2O/c1-9-4-5-16-13(9)8-15-11-2-3-12(15)7-10(14)6-11/h4-5,10-12H,2-3,6-8,14H2,1H3. The van der Waals surface area contributed by atoms with Crippen LogP contribution in [0.25, 0.3) is 0 Å². The van der Waals surface area contributed by atoms with E-state index in [4.69, 9.17) is 10.2 Å². The summed E-state index contributed by atoms with van der Waals surface area (Å²) in [4.78, 5) is 2.61. The maximum absolute atomic E-state index is 6.07. The second-order valence-corrected chi connectivity index (χ2v) is 5.32. The summed E-state index contributed by atoms with van der Waals surface area (Å²) >= 11 is 0. The van der Waals surface area contributed by atoms with Crippen LogP contribution < -0.4 is 5.73 Å². The molecule has 2 aliphatic rings. The van der Waals surface area contributed by atoms with E-state index in [0.29, 0.717) is 18.1 Å². The maximum Gasteiger partial charge on any atom is 0.120 e. The molecule has 2 bridgehead atoms. The number of nitrogens with zero attached hydrogens (tertiary/aromatic N) is 1. The van der Waals surface area contributed by atoms with Crippen molar-refractivity contribution in [2.24, 2.45) is 5.73 Å². The largest absolute Gasteiger partial charge is 0.468 e. The van der Waals surface area contributed by atoms with Crippen LogP contribution in [0.4, 0.5) is 0 Å². The van der Waals surface area contributed by atoms with Crippen molar-refractivity contribution < 1.29 is 4.42 Å². The zero-order valence-corrected chi connectivity index (χ0v) is 9.86. The van der Waals surface area contributed by atoms with Crippen LogP contribution in [0.1, 0.15) is 37.0 Å². The Morgan fingerprint density at radius 3 is 2.62 bits per heavy atom. The lowest BCUT2D eigenvalue weighted by Crippen LogP contribution is -2.46. The summed E-state index contributed by atoms with van der Waals surface area (Å²) in [5.74, 6) is 1.13. The molecule has 0 aliphatic carbocycles. The highest BCUT2D eigenvalue weighted by molar-refractivity contribution is 5.15. The first-order valence-corrected chi connectivity index (χ1v) is 6.28. The summed E-state index contributed by atoms with van der Waals surface area (Å²) in [6, 6.07) is 3.86. The smallest absolute Gasteiger partial charge is 0.120 e. The Kier molecular flexibility index (Phi) is 2.52. The Hall–Kier alpha value is -0.800. The predicted octanol–water partition coefficient (Wildman–Crippen LogP) is 2.04. The summed E-state index contributed by atoms with van der Waals surface area (Å²) in [5.41, 5.74) is 7.34. The van der Waals surface area contributed by atoms with Gasteiger partial charge in [-0.15, -0.1) is 0 Å². The molecule has 3 rings (SSSR count). The summed E-state index contributed by atoms with van der Waals surface area (Å²) in [5, 5.41) is 0. The van der Waals surface area contributed by atoms with Crippen molar-refractivity contribution in [2.75, 3.05) is 0 Å². The lowest BCUT2D eigenvalue weighted by molar-refractivity contribution is 0.110. The van der Waals surface area contributed by atoms with Crippen molar-refractivity contribution in [3.8, 4) is 0 Å². The fourth-order valence-electron chi connectivity index (χ4n) is 3.31. The number of nitrogens with two attached hydrogens (primary N) is 1. The average Bonchev–Trinajstić information content (AvgIpc) is 2.73. The minimum absolute atomic E-state index is 0.423. The molecule has 2 fully saturated rings. The van der Waals surface area contributed by atoms with E-state index in [9.17, 15) is 0 Å². The van der Waals surface area contributed by atoms with E-state index >= 15 is 0 Å². The van der Waals surface area contributed by atoms with E-state index in [-0.39, 0.29) is 0 Å². The minimum atomic E-state index is 0.423. The van der Waals surface area contributed by atoms with Crippen LogP contribution in [0.3, 0.4) is 0 Å². The summed E-state index contributed by atoms with van der Waals surface area (Å²) in [6.45, 7) is 3.09. The van der Waals surface area contributed by atoms with Crippen LogP contribution in [-0.4, -0.2) is 23.0 Å². The Morgan fingerprint density at radius 1 is 1.38 bits per heavy atom. The zero-order chi connectivity index (χ0) is 11.1. The van der Waals surface area contributed by atoms with Crippen molar-refractivity contribution in [1.82, 2.24) is 4.90 Å². The number of piperidine rings is 1. The number of rotatable bonds is 2. The zero-order valence-electron chi connectivity index (χ0n) is 9.86. The number of furan rings is 1. The van der Waals surface area contributed by atoms with Crippen molar-refractivity contribution in [3.63, 3.8) is 0 Å². The molecule has 2 unspecified atom stereocenters. The number of hydrogen-bond donors (Lipinski definition) is 1. The van der Waals surface area contributed by atoms with E-state index in [2.05, 4.69) is 11.8 Å². The highest BCUT2D eigenvalue weighted by Gasteiger charge is 2.39. The molecule has 0 saturated carbocycles. The summed E-state index contributed by atoms with van der Waals surface area (Å²) in [7, 11) is 0. The van der Waals surface area contributed by atoms with Gasteiger partial charge >= 0.3 is 0 Å². The molecule has 0 aromatic carbocycles. The van der Waals surface area contributed by atoms with Gasteiger partial charge in [-0.1, -0.05) is 0 Å². The number of fused-ring (bicyclic) bond motifs is 2. The molecule has 0 radical (unpaired) electrons. The van der Waals surface area contributed by atoms with E-state index in [0.717, 1.165) is 25.1 Å². The second kappa shape index (κ2) is 3.90. The van der Waals surface area contributed by atoms with Gasteiger partial charge in [0.1, 0.15) is 5.76 Å². The first-order valence-electron chi connectivity index (χ1n) is 6.28. The molecule has 2 aliphatic heterocycles. The Morgan fingerprint density at radius 2 is 2.06 bits per heavy atom. The Labute approximate surface area is 96.6 Å². The highest BCUT2D eigenvalue weighted by Crippen LogP contribution is 2.36. The van der Waals surface area contributed by atoms with Crippen LogP contribution in [0.2, 0.25) is 0 Å². The molecular weight excluding hydrogens is 200 g/mol. The molecule has 16 heavy (non-hydrogen) atoms. The topological polar surface area (TPSA) is 42.4 Å². The fourth-order valence-corrected chi connectivity index (χ4v) is 3.31. The number of aryl methyl sites for hydroxylation is 1. The van der Waals surface area contributed by atoms with Gasteiger partial charge in [0.25, 0.3) is 0 Å². The third kappa shape index (κ3) is 1.68. The van der Waals surface area contributed by atoms with Crippen LogP contribution in [0.5, 0.6) is 0 Å². The SMILES string of the molecule is Cc1ccoc1CN1C2CCC1CC(N)C2. The number of hydrogen-bond acceptors (Lipinski definition) is 3.